The number of rotatable bonds is 1. The van der Waals surface area contributed by atoms with Gasteiger partial charge < -0.3 is 0 Å². The van der Waals surface area contributed by atoms with Crippen molar-refractivity contribution in [3.63, 3.8) is 0 Å². The second-order valence-electron chi connectivity index (χ2n) is 1.60. The monoisotopic (exact) mass is 152 g/mol. The number of hydrogen-bond acceptors (Lipinski definition) is 2. The maximum absolute atomic E-state index is 12.3. The van der Waals surface area contributed by atoms with Gasteiger partial charge in [-0.1, -0.05) is 0 Å². The largest absolute Gasteiger partial charge is 0.206 e. The zero-order valence-electron chi connectivity index (χ0n) is 4.97. The first-order valence-electron chi connectivity index (χ1n) is 2.58. The fourth-order valence-corrected chi connectivity index (χ4v) is 0.654. The molecule has 1 radical (unpaired) electrons. The summed E-state index contributed by atoms with van der Waals surface area (Å²) >= 11 is 4.33. The second kappa shape index (κ2) is 3.20. The number of benzene rings is 1. The van der Waals surface area contributed by atoms with E-state index in [1.54, 1.807) is 6.07 Å². The van der Waals surface area contributed by atoms with Crippen molar-refractivity contribution < 1.29 is 4.39 Å². The molecule has 1 aromatic rings. The average Bonchev–Trinajstić information content (AvgIpc) is 1.88. The van der Waals surface area contributed by atoms with Crippen LogP contribution in [0.15, 0.2) is 23.2 Å². The molecule has 1 rings (SSSR count). The smallest absolute Gasteiger partial charge is 0.133 e. The maximum Gasteiger partial charge on any atom is 0.133 e. The SMILES string of the molecule is Fc1[c]ccc(N=C=S)c1. The Kier molecular flexibility index (Phi) is 2.26. The van der Waals surface area contributed by atoms with E-state index in [0.29, 0.717) is 5.69 Å². The van der Waals surface area contributed by atoms with Crippen LogP contribution >= 0.6 is 12.2 Å². The minimum Gasteiger partial charge on any atom is -0.206 e. The van der Waals surface area contributed by atoms with Crippen LogP contribution in [0.1, 0.15) is 0 Å². The van der Waals surface area contributed by atoms with Crippen molar-refractivity contribution in [3.05, 3.63) is 30.1 Å². The third-order valence-corrected chi connectivity index (χ3v) is 1.02. The first-order valence-corrected chi connectivity index (χ1v) is 2.99. The molecule has 1 aromatic carbocycles. The Balaban J connectivity index is 3.06. The fourth-order valence-electron chi connectivity index (χ4n) is 0.549. The van der Waals surface area contributed by atoms with E-state index in [9.17, 15) is 4.39 Å². The van der Waals surface area contributed by atoms with Crippen molar-refractivity contribution in [2.75, 3.05) is 0 Å². The molecule has 0 aliphatic rings. The lowest BCUT2D eigenvalue weighted by molar-refractivity contribution is 0.626. The van der Waals surface area contributed by atoms with E-state index < -0.39 is 5.82 Å². The van der Waals surface area contributed by atoms with Gasteiger partial charge in [-0.05, 0) is 24.4 Å². The lowest BCUT2D eigenvalue weighted by atomic mass is 10.3. The summed E-state index contributed by atoms with van der Waals surface area (Å²) in [7, 11) is 0. The molecule has 0 unspecified atom stereocenters. The van der Waals surface area contributed by atoms with Gasteiger partial charge in [-0.2, -0.15) is 4.99 Å². The van der Waals surface area contributed by atoms with Crippen LogP contribution in [-0.2, 0) is 0 Å². The molecule has 10 heavy (non-hydrogen) atoms. The lowest BCUT2D eigenvalue weighted by Crippen LogP contribution is -1.69. The van der Waals surface area contributed by atoms with Crippen LogP contribution in [0.2, 0.25) is 0 Å². The Hall–Kier alpha value is -1.05. The Morgan fingerprint density at radius 3 is 3.10 bits per heavy atom. The van der Waals surface area contributed by atoms with E-state index in [1.807, 2.05) is 0 Å². The van der Waals surface area contributed by atoms with E-state index in [2.05, 4.69) is 28.4 Å². The van der Waals surface area contributed by atoms with E-state index in [-0.39, 0.29) is 0 Å². The standard InChI is InChI=1S/C7H3FNS/c8-6-2-1-3-7(4-6)9-5-10/h1,3-4H. The van der Waals surface area contributed by atoms with Crippen molar-refractivity contribution in [2.45, 2.75) is 0 Å². The number of thiocarbonyl (C=S) groups is 1. The lowest BCUT2D eigenvalue weighted by Gasteiger charge is -1.87. The Morgan fingerprint density at radius 1 is 1.70 bits per heavy atom. The predicted molar refractivity (Wildman–Crippen MR) is 39.9 cm³/mol. The molecule has 0 bridgehead atoms. The molecule has 49 valence electrons. The first kappa shape index (κ1) is 7.06. The summed E-state index contributed by atoms with van der Waals surface area (Å²) in [6.45, 7) is 0. The predicted octanol–water partition coefficient (Wildman–Crippen LogP) is 2.36. The van der Waals surface area contributed by atoms with E-state index >= 15 is 0 Å². The molecular formula is C7H3FNS. The molecule has 0 heterocycles. The second-order valence-corrected chi connectivity index (χ2v) is 1.78. The van der Waals surface area contributed by atoms with Gasteiger partial charge in [-0.15, -0.1) is 0 Å². The Bertz CT molecular complexity index is 279. The molecule has 0 N–H and O–H groups in total. The molecule has 0 spiro atoms. The van der Waals surface area contributed by atoms with Crippen LogP contribution in [0.4, 0.5) is 10.1 Å². The minimum absolute atomic E-state index is 0.438. The van der Waals surface area contributed by atoms with Crippen molar-refractivity contribution in [3.8, 4) is 0 Å². The van der Waals surface area contributed by atoms with E-state index in [0.717, 1.165) is 0 Å². The Labute approximate surface area is 63.2 Å². The molecule has 1 nitrogen and oxygen atoms in total. The highest BCUT2D eigenvalue weighted by atomic mass is 32.1. The highest BCUT2D eigenvalue weighted by Gasteiger charge is 1.89. The molecule has 0 saturated heterocycles. The molecule has 0 atom stereocenters. The Morgan fingerprint density at radius 2 is 2.50 bits per heavy atom. The number of halogens is 1. The summed E-state index contributed by atoms with van der Waals surface area (Å²) in [5.74, 6) is -0.438. The van der Waals surface area contributed by atoms with Crippen LogP contribution in [-0.4, -0.2) is 5.16 Å². The summed E-state index contributed by atoms with van der Waals surface area (Å²) in [5.41, 5.74) is 0.464. The molecule has 0 fully saturated rings. The molecule has 0 amide bonds. The summed E-state index contributed by atoms with van der Waals surface area (Å²) in [6, 6.07) is 6.62. The van der Waals surface area contributed by atoms with Gasteiger partial charge in [-0.25, -0.2) is 4.39 Å². The third-order valence-electron chi connectivity index (χ3n) is 0.925. The summed E-state index contributed by atoms with van der Waals surface area (Å²) in [6.07, 6.45) is 0. The van der Waals surface area contributed by atoms with Crippen LogP contribution in [0.5, 0.6) is 0 Å². The molecule has 0 saturated carbocycles. The fraction of sp³-hybridized carbons (Fsp3) is 0. The van der Waals surface area contributed by atoms with Gasteiger partial charge in [0.2, 0.25) is 0 Å². The molecular weight excluding hydrogens is 149 g/mol. The number of nitrogens with zero attached hydrogens (tertiary/aromatic N) is 1. The third kappa shape index (κ3) is 1.72. The van der Waals surface area contributed by atoms with Gasteiger partial charge in [0.15, 0.2) is 0 Å². The number of aliphatic imine (C=N–C) groups is 1. The van der Waals surface area contributed by atoms with Crippen molar-refractivity contribution in [1.29, 1.82) is 0 Å². The number of hydrogen-bond donors (Lipinski definition) is 0. The maximum atomic E-state index is 12.3. The van der Waals surface area contributed by atoms with Gasteiger partial charge in [0.05, 0.1) is 10.8 Å². The highest BCUT2D eigenvalue weighted by molar-refractivity contribution is 7.78. The molecule has 0 aliphatic heterocycles. The van der Waals surface area contributed by atoms with Crippen LogP contribution in [0.3, 0.4) is 0 Å². The van der Waals surface area contributed by atoms with Gasteiger partial charge in [0.1, 0.15) is 5.82 Å². The highest BCUT2D eigenvalue weighted by Crippen LogP contribution is 2.10. The number of isothiocyanates is 1. The van der Waals surface area contributed by atoms with Crippen molar-refractivity contribution in [1.82, 2.24) is 0 Å². The topological polar surface area (TPSA) is 12.4 Å². The van der Waals surface area contributed by atoms with Crippen molar-refractivity contribution >= 4 is 23.1 Å². The van der Waals surface area contributed by atoms with Gasteiger partial charge in [0, 0.05) is 12.1 Å². The zero-order valence-corrected chi connectivity index (χ0v) is 5.78. The summed E-state index contributed by atoms with van der Waals surface area (Å²) in [5, 5.41) is 2.14. The average molecular weight is 152 g/mol. The minimum atomic E-state index is -0.438. The van der Waals surface area contributed by atoms with Gasteiger partial charge in [-0.3, -0.25) is 0 Å². The molecule has 0 aromatic heterocycles. The summed E-state index contributed by atoms with van der Waals surface area (Å²) < 4.78 is 12.3. The van der Waals surface area contributed by atoms with Gasteiger partial charge >= 0.3 is 0 Å². The summed E-state index contributed by atoms with van der Waals surface area (Å²) in [4.78, 5) is 3.57. The quantitative estimate of drug-likeness (QED) is 0.444. The van der Waals surface area contributed by atoms with Crippen LogP contribution < -0.4 is 0 Å². The first-order chi connectivity index (χ1) is 4.83. The van der Waals surface area contributed by atoms with Crippen molar-refractivity contribution in [2.24, 2.45) is 4.99 Å². The van der Waals surface area contributed by atoms with Crippen LogP contribution in [0.25, 0.3) is 0 Å². The van der Waals surface area contributed by atoms with E-state index in [4.69, 9.17) is 0 Å². The molecule has 3 heteroatoms. The normalized spacial score (nSPS) is 8.50. The van der Waals surface area contributed by atoms with Gasteiger partial charge in [0.25, 0.3) is 0 Å². The van der Waals surface area contributed by atoms with E-state index in [1.165, 1.54) is 12.1 Å². The zero-order chi connectivity index (χ0) is 7.40. The molecule has 0 aliphatic carbocycles. The van der Waals surface area contributed by atoms with Crippen LogP contribution in [0, 0.1) is 11.9 Å².